The molecule has 2 aromatic rings. The Hall–Kier alpha value is -3.98. The Balaban J connectivity index is 2.15. The molecule has 3 amide bonds. The Morgan fingerprint density at radius 3 is 2.33 bits per heavy atom. The maximum Gasteiger partial charge on any atom is 0.326 e. The summed E-state index contributed by atoms with van der Waals surface area (Å²) in [4.78, 5) is 87.6. The maximum absolute atomic E-state index is 13.8. The molecule has 0 saturated carbocycles. The van der Waals surface area contributed by atoms with Crippen LogP contribution in [0.2, 0.25) is 0 Å². The van der Waals surface area contributed by atoms with Gasteiger partial charge in [-0.3, -0.25) is 24.0 Å². The van der Waals surface area contributed by atoms with E-state index in [4.69, 9.17) is 11.5 Å². The monoisotopic (exact) mass is 619 g/mol. The number of likely N-dealkylation sites (N-methyl/N-ethyl adjacent to an activating group) is 1. The highest BCUT2D eigenvalue weighted by molar-refractivity contribution is 7.10. The molecule has 0 radical (unpaired) electrons. The van der Waals surface area contributed by atoms with Gasteiger partial charge in [0, 0.05) is 43.1 Å². The molecule has 2 unspecified atom stereocenters. The molecular weight excluding hydrogens is 578 g/mol. The fourth-order valence-electron chi connectivity index (χ4n) is 4.75. The third-order valence-corrected chi connectivity index (χ3v) is 8.17. The molecule has 7 N–H and O–H groups in total. The number of nitrogens with zero attached hydrogens (tertiary/aromatic N) is 3. The highest BCUT2D eigenvalue weighted by Gasteiger charge is 2.37. The van der Waals surface area contributed by atoms with Crippen LogP contribution in [0.1, 0.15) is 68.1 Å². The lowest BCUT2D eigenvalue weighted by molar-refractivity contribution is -0.145. The van der Waals surface area contributed by atoms with E-state index in [0.29, 0.717) is 17.1 Å². The Labute approximate surface area is 254 Å². The van der Waals surface area contributed by atoms with Crippen molar-refractivity contribution in [2.45, 2.75) is 77.9 Å². The van der Waals surface area contributed by atoms with Gasteiger partial charge in [0.05, 0.1) is 31.3 Å². The second-order valence-corrected chi connectivity index (χ2v) is 11.9. The van der Waals surface area contributed by atoms with Crippen LogP contribution in [0.15, 0.2) is 17.9 Å². The number of primary amides is 1. The number of carboxylic acid groups (broad SMARTS) is 1. The molecule has 2 aromatic heterocycles. The molecule has 0 aliphatic carbocycles. The van der Waals surface area contributed by atoms with Crippen molar-refractivity contribution in [1.82, 2.24) is 25.2 Å². The number of aromatic amines is 1. The molecule has 0 aliphatic heterocycles. The Morgan fingerprint density at radius 1 is 1.12 bits per heavy atom. The number of amides is 3. The molecule has 0 spiro atoms. The Kier molecular flexibility index (Phi) is 13.1. The van der Waals surface area contributed by atoms with Gasteiger partial charge in [0.25, 0.3) is 5.91 Å². The molecule has 0 saturated heterocycles. The van der Waals surface area contributed by atoms with Crippen molar-refractivity contribution in [2.75, 3.05) is 7.05 Å². The number of thiazole rings is 1. The van der Waals surface area contributed by atoms with E-state index < -0.39 is 48.2 Å². The summed E-state index contributed by atoms with van der Waals surface area (Å²) < 4.78 is 0. The van der Waals surface area contributed by atoms with Crippen LogP contribution in [0.5, 0.6) is 0 Å². The normalized spacial score (nSPS) is 14.8. The molecule has 0 aliphatic rings. The van der Waals surface area contributed by atoms with Gasteiger partial charge in [-0.15, -0.1) is 11.3 Å². The summed E-state index contributed by atoms with van der Waals surface area (Å²) in [5, 5.41) is 13.1. The molecule has 43 heavy (non-hydrogen) atoms. The first-order valence-electron chi connectivity index (χ1n) is 14.0. The molecule has 2 heterocycles. The van der Waals surface area contributed by atoms with Gasteiger partial charge in [-0.05, 0) is 11.8 Å². The van der Waals surface area contributed by atoms with Crippen LogP contribution in [0.4, 0.5) is 0 Å². The molecule has 0 bridgehead atoms. The summed E-state index contributed by atoms with van der Waals surface area (Å²) in [5.41, 5.74) is 11.8. The zero-order chi connectivity index (χ0) is 32.4. The number of hydrogen-bond acceptors (Lipinski definition) is 10. The van der Waals surface area contributed by atoms with E-state index >= 15 is 0 Å². The van der Waals surface area contributed by atoms with Gasteiger partial charge in [0.2, 0.25) is 11.8 Å². The average molecular weight is 620 g/mol. The van der Waals surface area contributed by atoms with E-state index in [-0.39, 0.29) is 54.3 Å². The first-order chi connectivity index (χ1) is 20.2. The van der Waals surface area contributed by atoms with Gasteiger partial charge in [0.1, 0.15) is 16.7 Å². The summed E-state index contributed by atoms with van der Waals surface area (Å²) in [6.07, 6.45) is 3.16. The number of H-pyrrole nitrogens is 1. The van der Waals surface area contributed by atoms with Crippen LogP contribution < -0.4 is 16.8 Å². The van der Waals surface area contributed by atoms with Crippen molar-refractivity contribution in [3.63, 3.8) is 0 Å². The summed E-state index contributed by atoms with van der Waals surface area (Å²) in [6, 6.07) is -3.17. The summed E-state index contributed by atoms with van der Waals surface area (Å²) in [6.45, 7) is 7.42. The number of Topliss-reactive ketones (excluding diaryl/α,β-unsaturated/α-hetero) is 2. The topological polar surface area (TPSA) is 232 Å². The molecule has 0 aromatic carbocycles. The van der Waals surface area contributed by atoms with Crippen LogP contribution in [0.3, 0.4) is 0 Å². The fraction of sp³-hybridized carbons (Fsp3) is 0.571. The fourth-order valence-corrected chi connectivity index (χ4v) is 5.53. The summed E-state index contributed by atoms with van der Waals surface area (Å²) in [5.74, 6) is -5.16. The van der Waals surface area contributed by atoms with Gasteiger partial charge in [0.15, 0.2) is 11.6 Å². The van der Waals surface area contributed by atoms with Gasteiger partial charge in [-0.1, -0.05) is 34.1 Å². The number of aromatic nitrogens is 3. The second kappa shape index (κ2) is 16.0. The average Bonchev–Trinajstić information content (AvgIpc) is 3.62. The number of hydrogen-bond donors (Lipinski definition) is 5. The van der Waals surface area contributed by atoms with Crippen molar-refractivity contribution >= 4 is 46.6 Å². The number of imidazole rings is 1. The number of nitrogens with one attached hydrogen (secondary N) is 2. The lowest BCUT2D eigenvalue weighted by Gasteiger charge is -2.34. The van der Waals surface area contributed by atoms with Gasteiger partial charge in [-0.25, -0.2) is 14.8 Å². The third kappa shape index (κ3) is 10.1. The summed E-state index contributed by atoms with van der Waals surface area (Å²) in [7, 11) is 1.54. The minimum Gasteiger partial charge on any atom is -0.480 e. The number of aliphatic carboxylic acids is 1. The SMILES string of the molecule is CCC(C)[C@H](CC(=O)C(N)Cc1cnc[nH]1)C(=O)N(C)[C@H](C(=O)Cc1nc(C(=O)N[C@@H](CC(N)=O)C(=O)O)cs1)C(C)C. The number of ketones is 2. The number of rotatable bonds is 18. The number of carbonyl (C=O) groups is 6. The van der Waals surface area contributed by atoms with E-state index in [1.54, 1.807) is 13.2 Å². The molecule has 5 atom stereocenters. The van der Waals surface area contributed by atoms with Crippen LogP contribution in [-0.4, -0.2) is 85.4 Å². The Morgan fingerprint density at radius 2 is 1.79 bits per heavy atom. The van der Waals surface area contributed by atoms with Crippen LogP contribution in [0, 0.1) is 17.8 Å². The van der Waals surface area contributed by atoms with E-state index in [9.17, 15) is 33.9 Å². The first-order valence-corrected chi connectivity index (χ1v) is 14.8. The van der Waals surface area contributed by atoms with Crippen LogP contribution in [-0.2, 0) is 36.8 Å². The minimum atomic E-state index is -1.52. The van der Waals surface area contributed by atoms with E-state index in [1.807, 2.05) is 27.7 Å². The molecule has 0 fully saturated rings. The third-order valence-electron chi connectivity index (χ3n) is 7.32. The van der Waals surface area contributed by atoms with E-state index in [1.165, 1.54) is 16.6 Å². The standard InChI is InChI=1S/C28H41N7O7S/c1-6-15(4)17(8-21(36)18(29)7-16-11-31-13-32-16)27(40)35(5)25(14(2)3)22(37)10-24-33-20(12-43-24)26(39)34-19(28(41)42)9-23(30)38/h11-15,17-19,25H,6-10,29H2,1-5H3,(H2,30,38)(H,31,32)(H,34,39)(H,41,42)/t15?,17-,18?,19-,25-/m0/s1. The predicted octanol–water partition coefficient (Wildman–Crippen LogP) is 0.711. The van der Waals surface area contributed by atoms with Crippen molar-refractivity contribution in [3.8, 4) is 0 Å². The number of carbonyl (C=O) groups excluding carboxylic acids is 5. The lowest BCUT2D eigenvalue weighted by Crippen LogP contribution is -2.50. The first kappa shape index (κ1) is 35.2. The number of nitrogens with two attached hydrogens (primary N) is 2. The minimum absolute atomic E-state index is 0.0649. The molecule has 14 nitrogen and oxygen atoms in total. The van der Waals surface area contributed by atoms with E-state index in [2.05, 4.69) is 20.3 Å². The number of carboxylic acids is 1. The van der Waals surface area contributed by atoms with Crippen molar-refractivity contribution < 1.29 is 33.9 Å². The van der Waals surface area contributed by atoms with Crippen LogP contribution in [0.25, 0.3) is 0 Å². The zero-order valence-corrected chi connectivity index (χ0v) is 25.8. The second-order valence-electron chi connectivity index (χ2n) is 11.0. The molecule has 2 rings (SSSR count). The Bertz CT molecular complexity index is 1290. The lowest BCUT2D eigenvalue weighted by atomic mass is 9.83. The largest absolute Gasteiger partial charge is 0.480 e. The van der Waals surface area contributed by atoms with Crippen molar-refractivity contribution in [1.29, 1.82) is 0 Å². The van der Waals surface area contributed by atoms with Crippen LogP contribution >= 0.6 is 11.3 Å². The predicted molar refractivity (Wildman–Crippen MR) is 158 cm³/mol. The summed E-state index contributed by atoms with van der Waals surface area (Å²) >= 11 is 1.03. The van der Waals surface area contributed by atoms with Crippen molar-refractivity contribution in [3.05, 3.63) is 34.3 Å². The maximum atomic E-state index is 13.8. The highest BCUT2D eigenvalue weighted by atomic mass is 32.1. The van der Waals surface area contributed by atoms with Gasteiger partial charge in [-0.2, -0.15) is 0 Å². The zero-order valence-electron chi connectivity index (χ0n) is 25.0. The molecule has 236 valence electrons. The van der Waals surface area contributed by atoms with Crippen molar-refractivity contribution in [2.24, 2.45) is 29.2 Å². The van der Waals surface area contributed by atoms with E-state index in [0.717, 1.165) is 11.3 Å². The van der Waals surface area contributed by atoms with Gasteiger partial charge < -0.3 is 31.8 Å². The highest BCUT2D eigenvalue weighted by Crippen LogP contribution is 2.26. The molecule has 15 heteroatoms. The molecular formula is C28H41N7O7S. The quantitative estimate of drug-likeness (QED) is 0.157. The van der Waals surface area contributed by atoms with Gasteiger partial charge >= 0.3 is 5.97 Å². The smallest absolute Gasteiger partial charge is 0.326 e.